The molecule has 2 amide bonds. The quantitative estimate of drug-likeness (QED) is 0.108. The van der Waals surface area contributed by atoms with Gasteiger partial charge in [0.1, 0.15) is 21.4 Å². The molecule has 0 spiro atoms. The molecule has 2 aromatic heterocycles. The van der Waals surface area contributed by atoms with Crippen molar-refractivity contribution in [3.8, 4) is 17.1 Å². The second kappa shape index (κ2) is 18.7. The number of aromatic nitrogens is 4. The zero-order valence-electron chi connectivity index (χ0n) is 29.2. The van der Waals surface area contributed by atoms with Crippen LogP contribution >= 0.6 is 43.5 Å². The second-order valence-corrected chi connectivity index (χ2v) is 17.1. The minimum absolute atomic E-state index is 0.113. The van der Waals surface area contributed by atoms with E-state index in [0.29, 0.717) is 14.5 Å². The first-order chi connectivity index (χ1) is 27.3. The number of para-hydroxylation sites is 1. The van der Waals surface area contributed by atoms with Crippen LogP contribution in [0.4, 0.5) is 24.5 Å². The first-order valence-corrected chi connectivity index (χ1v) is 21.1. The minimum Gasteiger partial charge on any atom is -0.435 e. The maximum absolute atomic E-state index is 13.1. The summed E-state index contributed by atoms with van der Waals surface area (Å²) in [5, 5.41) is 23.9. The van der Waals surface area contributed by atoms with Crippen molar-refractivity contribution in [2.45, 2.75) is 29.2 Å². The van der Waals surface area contributed by atoms with Gasteiger partial charge in [0.05, 0.1) is 45.6 Å². The number of primary sulfonamides is 2. The van der Waals surface area contributed by atoms with Crippen molar-refractivity contribution in [2.75, 3.05) is 10.6 Å². The SMILES string of the molecule is NS(=O)(=O)c1cc(NC(=O)Cc2ccc(F)cc2Cl)ccc1-n1cc(Br)cn1.NS(=O)(=O)c1cc(NC(=O)Cc2ccccc2OC(F)F)ccc1-n1cc(Br)cn1. The van der Waals surface area contributed by atoms with Crippen LogP contribution in [0.25, 0.3) is 11.4 Å². The number of rotatable bonds is 12. The van der Waals surface area contributed by atoms with Gasteiger partial charge in [-0.25, -0.2) is 40.9 Å². The molecule has 58 heavy (non-hydrogen) atoms. The number of ether oxygens (including phenoxy) is 1. The topological polar surface area (TPSA) is 223 Å². The summed E-state index contributed by atoms with van der Waals surface area (Å²) in [7, 11) is -8.23. The molecule has 4 aromatic carbocycles. The molecule has 0 radical (unpaired) electrons. The van der Waals surface area contributed by atoms with Crippen LogP contribution in [0, 0.1) is 5.82 Å². The first kappa shape index (κ1) is 44.0. The number of anilines is 2. The van der Waals surface area contributed by atoms with Crippen molar-refractivity contribution in [3.63, 3.8) is 0 Å². The maximum atomic E-state index is 13.1. The smallest absolute Gasteiger partial charge is 0.387 e. The number of hydrogen-bond donors (Lipinski definition) is 4. The summed E-state index contributed by atoms with van der Waals surface area (Å²) in [4.78, 5) is 24.2. The lowest BCUT2D eigenvalue weighted by Crippen LogP contribution is -2.18. The zero-order chi connectivity index (χ0) is 42.4. The Morgan fingerprint density at radius 2 is 1.22 bits per heavy atom. The highest BCUT2D eigenvalue weighted by atomic mass is 79.9. The van der Waals surface area contributed by atoms with Crippen molar-refractivity contribution in [1.29, 1.82) is 0 Å². The molecule has 0 saturated heterocycles. The molecule has 15 nitrogen and oxygen atoms in total. The Bertz CT molecular complexity index is 2720. The fourth-order valence-electron chi connectivity index (χ4n) is 5.17. The Kier molecular flexibility index (Phi) is 14.2. The number of alkyl halides is 2. The van der Waals surface area contributed by atoms with Gasteiger partial charge in [-0.05, 0) is 92.0 Å². The van der Waals surface area contributed by atoms with E-state index in [0.717, 1.165) is 6.07 Å². The van der Waals surface area contributed by atoms with Gasteiger partial charge in [0.15, 0.2) is 0 Å². The number of halogens is 6. The number of amides is 2. The van der Waals surface area contributed by atoms with Crippen LogP contribution in [0.1, 0.15) is 11.1 Å². The van der Waals surface area contributed by atoms with Crippen LogP contribution in [0.2, 0.25) is 5.02 Å². The number of hydrogen-bond acceptors (Lipinski definition) is 9. The van der Waals surface area contributed by atoms with Crippen molar-refractivity contribution >= 4 is 86.7 Å². The van der Waals surface area contributed by atoms with Crippen LogP contribution < -0.4 is 25.6 Å². The highest BCUT2D eigenvalue weighted by Crippen LogP contribution is 2.27. The number of nitrogens with one attached hydrogen (secondary N) is 2. The Morgan fingerprint density at radius 1 is 0.741 bits per heavy atom. The van der Waals surface area contributed by atoms with Crippen LogP contribution in [-0.4, -0.2) is 54.8 Å². The van der Waals surface area contributed by atoms with E-state index < -0.39 is 44.3 Å². The molecule has 6 N–H and O–H groups in total. The van der Waals surface area contributed by atoms with Crippen LogP contribution in [0.5, 0.6) is 5.75 Å². The molecule has 0 atom stereocenters. The lowest BCUT2D eigenvalue weighted by molar-refractivity contribution is -0.116. The van der Waals surface area contributed by atoms with Gasteiger partial charge in [-0.1, -0.05) is 35.9 Å². The predicted octanol–water partition coefficient (Wildman–Crippen LogP) is 6.32. The van der Waals surface area contributed by atoms with Crippen molar-refractivity contribution in [2.24, 2.45) is 10.3 Å². The Hall–Kier alpha value is -5.10. The molecule has 23 heteroatoms. The van der Waals surface area contributed by atoms with E-state index in [9.17, 15) is 39.6 Å². The molecule has 0 aliphatic carbocycles. The Labute approximate surface area is 350 Å². The average Bonchev–Trinajstić information content (AvgIpc) is 3.77. The van der Waals surface area contributed by atoms with Crippen LogP contribution in [0.15, 0.2) is 122 Å². The highest BCUT2D eigenvalue weighted by Gasteiger charge is 2.20. The summed E-state index contributed by atoms with van der Waals surface area (Å²) in [5.74, 6) is -1.64. The lowest BCUT2D eigenvalue weighted by Gasteiger charge is -2.13. The summed E-state index contributed by atoms with van der Waals surface area (Å²) >= 11 is 12.4. The summed E-state index contributed by atoms with van der Waals surface area (Å²) in [6, 6.07) is 17.9. The molecule has 0 aliphatic rings. The standard InChI is InChI=1S/C18H15BrF2N4O4S.C17H13BrClFN4O3S/c19-12-9-23-25(10-12)14-6-5-13(8-16(14)30(22,27)28)24-17(26)7-11-3-1-2-4-15(11)29-18(20)21;18-11-8-22-24(9-11)15-4-3-13(7-16(15)28(21,26)27)23-17(25)5-10-1-2-12(20)6-14(10)19/h1-6,8-10,18H,7H2,(H,24,26)(H2,22,27,28);1-4,6-9H,5H2,(H,23,25)(H2,21,26,27). The van der Waals surface area contributed by atoms with Gasteiger partial charge in [-0.2, -0.15) is 19.0 Å². The van der Waals surface area contributed by atoms with Crippen molar-refractivity contribution in [1.82, 2.24) is 19.6 Å². The fraction of sp³-hybridized carbons (Fsp3) is 0.0857. The van der Waals surface area contributed by atoms with Crippen molar-refractivity contribution < 1.29 is 44.3 Å². The Balaban J connectivity index is 0.000000221. The number of carbonyl (C=O) groups is 2. The molecular formula is C35H28Br2ClF3N8O7S2. The average molecular weight is 989 g/mol. The molecule has 2 heterocycles. The molecular weight excluding hydrogens is 961 g/mol. The molecule has 0 unspecified atom stereocenters. The number of nitrogens with two attached hydrogens (primary N) is 2. The van der Waals surface area contributed by atoms with Gasteiger partial charge in [0.2, 0.25) is 31.9 Å². The van der Waals surface area contributed by atoms with E-state index in [1.54, 1.807) is 18.5 Å². The van der Waals surface area contributed by atoms with E-state index in [-0.39, 0.29) is 61.7 Å². The number of nitrogens with zero attached hydrogens (tertiary/aromatic N) is 4. The lowest BCUT2D eigenvalue weighted by atomic mass is 10.1. The maximum Gasteiger partial charge on any atom is 0.387 e. The van der Waals surface area contributed by atoms with Gasteiger partial charge >= 0.3 is 6.61 Å². The molecule has 0 saturated carbocycles. The van der Waals surface area contributed by atoms with Gasteiger partial charge in [0, 0.05) is 34.4 Å². The molecule has 0 fully saturated rings. The predicted molar refractivity (Wildman–Crippen MR) is 214 cm³/mol. The summed E-state index contributed by atoms with van der Waals surface area (Å²) < 4.78 is 94.5. The molecule has 6 aromatic rings. The molecule has 6 rings (SSSR count). The van der Waals surface area contributed by atoms with E-state index in [2.05, 4.69) is 57.4 Å². The van der Waals surface area contributed by atoms with E-state index in [4.69, 9.17) is 21.9 Å². The fourth-order valence-corrected chi connectivity index (χ4v) is 7.46. The van der Waals surface area contributed by atoms with E-state index in [1.807, 2.05) is 0 Å². The van der Waals surface area contributed by atoms with Gasteiger partial charge < -0.3 is 15.4 Å². The first-order valence-electron chi connectivity index (χ1n) is 16.1. The summed E-state index contributed by atoms with van der Waals surface area (Å²) in [6.07, 6.45) is 5.71. The zero-order valence-corrected chi connectivity index (χ0v) is 34.8. The number of benzene rings is 4. The molecule has 304 valence electrons. The summed E-state index contributed by atoms with van der Waals surface area (Å²) in [6.45, 7) is -3.03. The third-order valence-corrected chi connectivity index (χ3v) is 10.7. The molecule has 0 bridgehead atoms. The van der Waals surface area contributed by atoms with Gasteiger partial charge in [0.25, 0.3) is 0 Å². The van der Waals surface area contributed by atoms with E-state index >= 15 is 0 Å². The minimum atomic E-state index is -4.14. The third kappa shape index (κ3) is 12.0. The van der Waals surface area contributed by atoms with E-state index in [1.165, 1.54) is 88.5 Å². The number of sulfonamides is 2. The third-order valence-electron chi connectivity index (χ3n) is 7.60. The second-order valence-electron chi connectivity index (χ2n) is 11.8. The van der Waals surface area contributed by atoms with Crippen LogP contribution in [0.3, 0.4) is 0 Å². The normalized spacial score (nSPS) is 11.5. The molecule has 0 aliphatic heterocycles. The monoisotopic (exact) mass is 986 g/mol. The Morgan fingerprint density at radius 3 is 1.66 bits per heavy atom. The van der Waals surface area contributed by atoms with Gasteiger partial charge in [-0.3, -0.25) is 9.59 Å². The highest BCUT2D eigenvalue weighted by molar-refractivity contribution is 9.10. The summed E-state index contributed by atoms with van der Waals surface area (Å²) in [5.41, 5.74) is 1.49. The largest absolute Gasteiger partial charge is 0.435 e. The van der Waals surface area contributed by atoms with Crippen LogP contribution in [-0.2, 0) is 42.5 Å². The number of carbonyl (C=O) groups excluding carboxylic acids is 2. The van der Waals surface area contributed by atoms with Crippen molar-refractivity contribution in [3.05, 3.63) is 135 Å². The van der Waals surface area contributed by atoms with Gasteiger partial charge in [-0.15, -0.1) is 0 Å².